The van der Waals surface area contributed by atoms with E-state index in [1.165, 1.54) is 6.20 Å². The molecule has 4 heteroatoms. The maximum atomic E-state index is 11.9. The number of carboxylic acid groups (broad SMARTS) is 1. The molecule has 0 aliphatic rings. The topological polar surface area (TPSA) is 70.2 Å². The summed E-state index contributed by atoms with van der Waals surface area (Å²) in [5.74, 6) is -1.00. The second kappa shape index (κ2) is 3.81. The van der Waals surface area contributed by atoms with E-state index in [4.69, 9.17) is 5.11 Å². The van der Waals surface area contributed by atoms with E-state index < -0.39 is 5.97 Å². The number of benzene rings is 1. The number of rotatable bonds is 2. The van der Waals surface area contributed by atoms with E-state index in [1.807, 2.05) is 13.0 Å². The van der Waals surface area contributed by atoms with E-state index in [2.05, 4.69) is 4.98 Å². The van der Waals surface area contributed by atoms with Gasteiger partial charge in [0.2, 0.25) is 0 Å². The molecule has 16 heavy (non-hydrogen) atoms. The van der Waals surface area contributed by atoms with Gasteiger partial charge in [0.15, 0.2) is 5.43 Å². The molecule has 0 amide bonds. The number of carboxylic acids is 1. The molecule has 2 aromatic rings. The number of H-pyrrole nitrogens is 1. The molecule has 0 saturated carbocycles. The molecule has 0 radical (unpaired) electrons. The zero-order valence-corrected chi connectivity index (χ0v) is 8.78. The van der Waals surface area contributed by atoms with E-state index in [-0.39, 0.29) is 17.4 Å². The largest absolute Gasteiger partial charge is 0.481 e. The zero-order chi connectivity index (χ0) is 11.7. The smallest absolute Gasteiger partial charge is 0.308 e. The molecule has 0 spiro atoms. The Hall–Kier alpha value is -2.10. The van der Waals surface area contributed by atoms with Crippen LogP contribution in [0, 0.1) is 6.92 Å². The van der Waals surface area contributed by atoms with Crippen molar-refractivity contribution in [1.82, 2.24) is 4.98 Å². The number of hydrogen-bond acceptors (Lipinski definition) is 2. The van der Waals surface area contributed by atoms with Crippen LogP contribution in [-0.2, 0) is 11.2 Å². The number of aromatic nitrogens is 1. The Labute approximate surface area is 91.5 Å². The summed E-state index contributed by atoms with van der Waals surface area (Å²) in [4.78, 5) is 25.5. The maximum absolute atomic E-state index is 11.9. The number of aliphatic carboxylic acids is 1. The molecule has 0 aliphatic carbocycles. The third kappa shape index (κ3) is 1.69. The number of nitrogens with one attached hydrogen (secondary N) is 1. The molecule has 0 saturated heterocycles. The van der Waals surface area contributed by atoms with Crippen LogP contribution in [0.3, 0.4) is 0 Å². The lowest BCUT2D eigenvalue weighted by Gasteiger charge is -2.03. The first-order valence-electron chi connectivity index (χ1n) is 4.91. The highest BCUT2D eigenvalue weighted by Crippen LogP contribution is 2.12. The minimum atomic E-state index is -1.00. The Balaban J connectivity index is 2.71. The number of fused-ring (bicyclic) bond motifs is 1. The fourth-order valence-corrected chi connectivity index (χ4v) is 1.74. The quantitative estimate of drug-likeness (QED) is 0.800. The van der Waals surface area contributed by atoms with Crippen LogP contribution in [0.1, 0.15) is 11.1 Å². The summed E-state index contributed by atoms with van der Waals surface area (Å²) >= 11 is 0. The highest BCUT2D eigenvalue weighted by molar-refractivity contribution is 5.82. The van der Waals surface area contributed by atoms with Crippen LogP contribution in [0.2, 0.25) is 0 Å². The van der Waals surface area contributed by atoms with Gasteiger partial charge in [0.05, 0.1) is 11.9 Å². The lowest BCUT2D eigenvalue weighted by molar-refractivity contribution is -0.136. The zero-order valence-electron chi connectivity index (χ0n) is 8.78. The summed E-state index contributed by atoms with van der Waals surface area (Å²) < 4.78 is 0. The van der Waals surface area contributed by atoms with Crippen molar-refractivity contribution >= 4 is 16.9 Å². The van der Waals surface area contributed by atoms with Crippen LogP contribution in [-0.4, -0.2) is 16.1 Å². The lowest BCUT2D eigenvalue weighted by Crippen LogP contribution is -2.14. The highest BCUT2D eigenvalue weighted by atomic mass is 16.4. The Morgan fingerprint density at radius 3 is 2.88 bits per heavy atom. The number of aromatic amines is 1. The Kier molecular flexibility index (Phi) is 2.48. The number of hydrogen-bond donors (Lipinski definition) is 2. The number of para-hydroxylation sites is 1. The van der Waals surface area contributed by atoms with Crippen molar-refractivity contribution in [2.24, 2.45) is 0 Å². The second-order valence-corrected chi connectivity index (χ2v) is 3.71. The summed E-state index contributed by atoms with van der Waals surface area (Å²) in [5.41, 5.74) is 1.81. The summed E-state index contributed by atoms with van der Waals surface area (Å²) in [6.07, 6.45) is 1.23. The SMILES string of the molecule is Cc1cccc2c(=O)c(CC(=O)O)c[nH]c12. The third-order valence-corrected chi connectivity index (χ3v) is 2.54. The molecule has 2 N–H and O–H groups in total. The maximum Gasteiger partial charge on any atom is 0.308 e. The van der Waals surface area contributed by atoms with Crippen LogP contribution in [0.4, 0.5) is 0 Å². The number of aryl methyl sites for hydroxylation is 1. The van der Waals surface area contributed by atoms with Gasteiger partial charge in [-0.3, -0.25) is 9.59 Å². The van der Waals surface area contributed by atoms with Crippen molar-refractivity contribution in [3.05, 3.63) is 45.7 Å². The minimum absolute atomic E-state index is 0.208. The van der Waals surface area contributed by atoms with Crippen molar-refractivity contribution in [3.63, 3.8) is 0 Å². The van der Waals surface area contributed by atoms with Crippen molar-refractivity contribution in [3.8, 4) is 0 Å². The van der Waals surface area contributed by atoms with Gasteiger partial charge in [0, 0.05) is 17.1 Å². The van der Waals surface area contributed by atoms with Crippen molar-refractivity contribution in [2.45, 2.75) is 13.3 Å². The fraction of sp³-hybridized carbons (Fsp3) is 0.167. The van der Waals surface area contributed by atoms with Gasteiger partial charge in [-0.05, 0) is 18.6 Å². The van der Waals surface area contributed by atoms with Crippen molar-refractivity contribution in [1.29, 1.82) is 0 Å². The van der Waals surface area contributed by atoms with Crippen LogP contribution in [0.25, 0.3) is 10.9 Å². The van der Waals surface area contributed by atoms with Crippen molar-refractivity contribution < 1.29 is 9.90 Å². The van der Waals surface area contributed by atoms with Crippen LogP contribution >= 0.6 is 0 Å². The van der Waals surface area contributed by atoms with E-state index >= 15 is 0 Å². The second-order valence-electron chi connectivity index (χ2n) is 3.71. The Bertz CT molecular complexity index is 613. The minimum Gasteiger partial charge on any atom is -0.481 e. The number of carbonyl (C=O) groups is 1. The van der Waals surface area contributed by atoms with Gasteiger partial charge in [-0.15, -0.1) is 0 Å². The van der Waals surface area contributed by atoms with Gasteiger partial charge < -0.3 is 10.1 Å². The van der Waals surface area contributed by atoms with Crippen molar-refractivity contribution in [2.75, 3.05) is 0 Å². The molecule has 0 bridgehead atoms. The summed E-state index contributed by atoms with van der Waals surface area (Å²) in [6.45, 7) is 1.90. The summed E-state index contributed by atoms with van der Waals surface area (Å²) in [5, 5.41) is 9.21. The Morgan fingerprint density at radius 1 is 1.44 bits per heavy atom. The van der Waals surface area contributed by atoms with Gasteiger partial charge in [0.25, 0.3) is 0 Å². The molecular formula is C12H11NO3. The first-order valence-corrected chi connectivity index (χ1v) is 4.91. The summed E-state index contributed by atoms with van der Waals surface area (Å²) in [7, 11) is 0. The van der Waals surface area contributed by atoms with Gasteiger partial charge in [-0.2, -0.15) is 0 Å². The van der Waals surface area contributed by atoms with Crippen LogP contribution < -0.4 is 5.43 Å². The highest BCUT2D eigenvalue weighted by Gasteiger charge is 2.09. The average molecular weight is 217 g/mol. The molecule has 82 valence electrons. The van der Waals surface area contributed by atoms with E-state index in [9.17, 15) is 9.59 Å². The average Bonchev–Trinajstić information content (AvgIpc) is 2.23. The first kappa shape index (κ1) is 10.4. The predicted molar refractivity (Wildman–Crippen MR) is 60.6 cm³/mol. The molecule has 4 nitrogen and oxygen atoms in total. The third-order valence-electron chi connectivity index (χ3n) is 2.54. The van der Waals surface area contributed by atoms with Gasteiger partial charge in [-0.25, -0.2) is 0 Å². The monoisotopic (exact) mass is 217 g/mol. The van der Waals surface area contributed by atoms with Gasteiger partial charge in [0.1, 0.15) is 0 Å². The molecule has 0 unspecified atom stereocenters. The molecule has 0 fully saturated rings. The normalized spacial score (nSPS) is 10.6. The molecule has 1 aromatic heterocycles. The fourth-order valence-electron chi connectivity index (χ4n) is 1.74. The van der Waals surface area contributed by atoms with E-state index in [0.29, 0.717) is 5.39 Å². The Morgan fingerprint density at radius 2 is 2.19 bits per heavy atom. The predicted octanol–water partition coefficient (Wildman–Crippen LogP) is 1.46. The van der Waals surface area contributed by atoms with E-state index in [1.54, 1.807) is 12.1 Å². The van der Waals surface area contributed by atoms with E-state index in [0.717, 1.165) is 11.1 Å². The first-order chi connectivity index (χ1) is 7.59. The molecule has 2 rings (SSSR count). The molecule has 1 heterocycles. The molecule has 0 atom stereocenters. The van der Waals surface area contributed by atoms with Crippen LogP contribution in [0.15, 0.2) is 29.2 Å². The molecule has 1 aromatic carbocycles. The number of pyridine rings is 1. The van der Waals surface area contributed by atoms with Gasteiger partial charge >= 0.3 is 5.97 Å². The molecule has 0 aliphatic heterocycles. The van der Waals surface area contributed by atoms with Gasteiger partial charge in [-0.1, -0.05) is 12.1 Å². The standard InChI is InChI=1S/C12H11NO3/c1-7-3-2-4-9-11(7)13-6-8(12(9)16)5-10(14)15/h2-4,6H,5H2,1H3,(H,13,16)(H,14,15). The lowest BCUT2D eigenvalue weighted by atomic mass is 10.1. The summed E-state index contributed by atoms with van der Waals surface area (Å²) in [6, 6.07) is 5.39. The van der Waals surface area contributed by atoms with Crippen LogP contribution in [0.5, 0.6) is 0 Å². The molecular weight excluding hydrogens is 206 g/mol.